The van der Waals surface area contributed by atoms with Gasteiger partial charge in [-0.2, -0.15) is 8.39 Å². The first-order valence-electron chi connectivity index (χ1n) is 10.5. The molecule has 3 rings (SSSR count). The molecule has 14 nitrogen and oxygen atoms in total. The molecular formula is C20H22F2N6O8S2. The summed E-state index contributed by atoms with van der Waals surface area (Å²) in [5.74, 6) is -3.95. The molecule has 1 unspecified atom stereocenters. The van der Waals surface area contributed by atoms with Gasteiger partial charge in [-0.1, -0.05) is 6.07 Å². The minimum absolute atomic E-state index is 0.0532. The number of rotatable bonds is 9. The van der Waals surface area contributed by atoms with E-state index >= 15 is 0 Å². The highest BCUT2D eigenvalue weighted by Crippen LogP contribution is 2.32. The van der Waals surface area contributed by atoms with Crippen molar-refractivity contribution >= 4 is 37.4 Å². The summed E-state index contributed by atoms with van der Waals surface area (Å²) in [4.78, 5) is 25.9. The van der Waals surface area contributed by atoms with Crippen molar-refractivity contribution in [1.29, 1.82) is 0 Å². The number of aliphatic hydroxyl groups is 1. The zero-order chi connectivity index (χ0) is 28.7. The van der Waals surface area contributed by atoms with E-state index in [-0.39, 0.29) is 14.1 Å². The van der Waals surface area contributed by atoms with Crippen molar-refractivity contribution in [2.75, 3.05) is 21.1 Å². The lowest BCUT2D eigenvalue weighted by atomic mass is 10.1. The van der Waals surface area contributed by atoms with Crippen molar-refractivity contribution in [3.63, 3.8) is 0 Å². The molecule has 0 aliphatic heterocycles. The summed E-state index contributed by atoms with van der Waals surface area (Å²) in [5, 5.41) is 27.6. The van der Waals surface area contributed by atoms with E-state index in [9.17, 15) is 45.4 Å². The summed E-state index contributed by atoms with van der Waals surface area (Å²) < 4.78 is 77.6. The van der Waals surface area contributed by atoms with Crippen LogP contribution in [-0.4, -0.2) is 71.4 Å². The fourth-order valence-electron chi connectivity index (χ4n) is 3.67. The Morgan fingerprint density at radius 2 is 1.55 bits per heavy atom. The Hall–Kier alpha value is -3.90. The van der Waals surface area contributed by atoms with E-state index in [0.29, 0.717) is 17.2 Å². The summed E-state index contributed by atoms with van der Waals surface area (Å²) in [5.41, 5.74) is -3.65. The Kier molecular flexibility index (Phi) is 7.62. The number of sulfonamides is 2. The third kappa shape index (κ3) is 5.36. The number of nitrogens with zero attached hydrogens (tertiary/aromatic N) is 6. The lowest BCUT2D eigenvalue weighted by molar-refractivity contribution is 0.0692. The maximum atomic E-state index is 14.2. The molecule has 1 heterocycles. The lowest BCUT2D eigenvalue weighted by Gasteiger charge is -2.33. The van der Waals surface area contributed by atoms with Crippen LogP contribution in [0.15, 0.2) is 41.2 Å². The number of tetrazole rings is 1. The topological polar surface area (TPSA) is 185 Å². The Morgan fingerprint density at radius 1 is 1.00 bits per heavy atom. The number of para-hydroxylation sites is 1. The molecule has 0 saturated heterocycles. The maximum absolute atomic E-state index is 14.2. The number of hydrogen-bond donors (Lipinski definition) is 2. The molecule has 0 amide bonds. The Morgan fingerprint density at radius 3 is 2.03 bits per heavy atom. The van der Waals surface area contributed by atoms with Gasteiger partial charge in [-0.05, 0) is 54.6 Å². The molecule has 0 spiro atoms. The van der Waals surface area contributed by atoms with Crippen LogP contribution >= 0.6 is 0 Å². The summed E-state index contributed by atoms with van der Waals surface area (Å²) in [6.07, 6.45) is -0.850. The highest BCUT2D eigenvalue weighted by atomic mass is 32.3. The van der Waals surface area contributed by atoms with E-state index in [2.05, 4.69) is 10.4 Å². The van der Waals surface area contributed by atoms with Crippen molar-refractivity contribution in [2.24, 2.45) is 0 Å². The van der Waals surface area contributed by atoms with Crippen molar-refractivity contribution in [3.05, 3.63) is 64.1 Å². The molecule has 0 aliphatic carbocycles. The summed E-state index contributed by atoms with van der Waals surface area (Å²) in [6, 6.07) is 5.03. The molecule has 1 atom stereocenters. The van der Waals surface area contributed by atoms with Gasteiger partial charge >= 0.3 is 11.7 Å². The quantitative estimate of drug-likeness (QED) is 0.338. The predicted molar refractivity (Wildman–Crippen MR) is 130 cm³/mol. The van der Waals surface area contributed by atoms with Crippen LogP contribution in [0, 0.1) is 11.6 Å². The van der Waals surface area contributed by atoms with Crippen molar-refractivity contribution in [3.8, 4) is 5.69 Å². The molecular weight excluding hydrogens is 554 g/mol. The monoisotopic (exact) mass is 576 g/mol. The van der Waals surface area contributed by atoms with Crippen LogP contribution in [0.3, 0.4) is 0 Å². The van der Waals surface area contributed by atoms with Crippen LogP contribution in [0.25, 0.3) is 5.69 Å². The zero-order valence-electron chi connectivity index (χ0n) is 20.2. The van der Waals surface area contributed by atoms with Gasteiger partial charge in [0, 0.05) is 11.7 Å². The van der Waals surface area contributed by atoms with Crippen molar-refractivity contribution in [2.45, 2.75) is 26.2 Å². The number of aliphatic hydroxyl groups excluding tert-OH is 1. The van der Waals surface area contributed by atoms with Gasteiger partial charge < -0.3 is 15.1 Å². The number of benzene rings is 2. The van der Waals surface area contributed by atoms with Crippen molar-refractivity contribution in [1.82, 2.24) is 19.8 Å². The van der Waals surface area contributed by atoms with E-state index in [1.54, 1.807) is 0 Å². The average Bonchev–Trinajstić information content (AvgIpc) is 3.13. The lowest BCUT2D eigenvalue weighted by Crippen LogP contribution is -2.43. The average molecular weight is 577 g/mol. The Balaban J connectivity index is 2.17. The van der Waals surface area contributed by atoms with E-state index < -0.39 is 72.7 Å². The molecule has 206 valence electrons. The maximum Gasteiger partial charge on any atom is 0.372 e. The number of anilines is 2. The van der Waals surface area contributed by atoms with Crippen LogP contribution < -0.4 is 14.3 Å². The second-order valence-electron chi connectivity index (χ2n) is 8.27. The minimum Gasteiger partial charge on any atom is -0.478 e. The van der Waals surface area contributed by atoms with E-state index in [0.717, 1.165) is 41.3 Å². The van der Waals surface area contributed by atoms with Gasteiger partial charge in [-0.3, -0.25) is 0 Å². The fourth-order valence-corrected chi connectivity index (χ4v) is 6.67. The first-order valence-corrected chi connectivity index (χ1v) is 14.2. The van der Waals surface area contributed by atoms with Crippen LogP contribution in [0.1, 0.15) is 30.6 Å². The molecule has 18 heteroatoms. The molecule has 0 aliphatic rings. The number of carboxylic acids is 1. The third-order valence-corrected chi connectivity index (χ3v) is 8.31. The number of aromatic carboxylic acids is 1. The molecule has 3 aromatic rings. The van der Waals surface area contributed by atoms with Crippen molar-refractivity contribution < 1.29 is 40.6 Å². The normalized spacial score (nSPS) is 12.9. The van der Waals surface area contributed by atoms with E-state index in [1.807, 2.05) is 0 Å². The number of carbonyl (C=O) groups is 1. The standard InChI is InChI=1S/C20H22F2N6O8S2/c1-11(2)25(19(31)27-20(32)26(23-24-27)17-14(21)6-5-7-15(17)22)12-8-9-16(13(10-12)18(29)30)28(37(3,33)34)38(4,35)36/h5-11,19,31H,1-4H3,(H,29,30). The molecule has 0 bridgehead atoms. The van der Waals surface area contributed by atoms with Gasteiger partial charge in [0.25, 0.3) is 0 Å². The van der Waals surface area contributed by atoms with E-state index in [4.69, 9.17) is 0 Å². The van der Waals surface area contributed by atoms with Crippen LogP contribution in [0.4, 0.5) is 20.2 Å². The molecule has 1 aromatic heterocycles. The van der Waals surface area contributed by atoms with Gasteiger partial charge in [-0.15, -0.1) is 4.68 Å². The smallest absolute Gasteiger partial charge is 0.372 e. The van der Waals surface area contributed by atoms with Crippen LogP contribution in [0.2, 0.25) is 0 Å². The minimum atomic E-state index is -4.49. The third-order valence-electron chi connectivity index (χ3n) is 5.08. The van der Waals surface area contributed by atoms with Gasteiger partial charge in [0.1, 0.15) is 5.69 Å². The number of aromatic nitrogens is 4. The van der Waals surface area contributed by atoms with Gasteiger partial charge in [0.05, 0.1) is 23.8 Å². The molecule has 2 aromatic carbocycles. The fraction of sp³-hybridized carbons (Fsp3) is 0.300. The molecule has 0 saturated carbocycles. The van der Waals surface area contributed by atoms with Crippen LogP contribution in [-0.2, 0) is 20.0 Å². The second-order valence-corrected chi connectivity index (χ2v) is 12.2. The summed E-state index contributed by atoms with van der Waals surface area (Å²) >= 11 is 0. The number of carboxylic acid groups (broad SMARTS) is 1. The first-order chi connectivity index (χ1) is 17.5. The van der Waals surface area contributed by atoms with Crippen LogP contribution in [0.5, 0.6) is 0 Å². The van der Waals surface area contributed by atoms with Gasteiger partial charge in [-0.25, -0.2) is 35.2 Å². The molecule has 2 N–H and O–H groups in total. The summed E-state index contributed by atoms with van der Waals surface area (Å²) in [7, 11) is -8.97. The second kappa shape index (κ2) is 10.1. The summed E-state index contributed by atoms with van der Waals surface area (Å²) in [6.45, 7) is 3.06. The van der Waals surface area contributed by atoms with E-state index in [1.165, 1.54) is 13.8 Å². The highest BCUT2D eigenvalue weighted by molar-refractivity contribution is 8.09. The van der Waals surface area contributed by atoms with Gasteiger partial charge in [0.2, 0.25) is 26.4 Å². The Labute approximate surface area is 215 Å². The number of hydrogen-bond acceptors (Lipinski definition) is 10. The molecule has 0 fully saturated rings. The Bertz CT molecular complexity index is 1620. The predicted octanol–water partition coefficient (Wildman–Crippen LogP) is 0.494. The van der Waals surface area contributed by atoms with Gasteiger partial charge in [0.15, 0.2) is 11.6 Å². The SMILES string of the molecule is CC(C)N(c1ccc(N(S(C)(=O)=O)S(C)(=O)=O)c(C(=O)O)c1)C(O)n1nnn(-c2c(F)cccc2F)c1=O. The highest BCUT2D eigenvalue weighted by Gasteiger charge is 2.33. The zero-order valence-corrected chi connectivity index (χ0v) is 21.9. The first kappa shape index (κ1) is 28.7. The largest absolute Gasteiger partial charge is 0.478 e. The number of halogens is 2. The molecule has 0 radical (unpaired) electrons. The molecule has 38 heavy (non-hydrogen) atoms.